The Morgan fingerprint density at radius 2 is 2.20 bits per heavy atom. The van der Waals surface area contributed by atoms with Gasteiger partial charge in [0.25, 0.3) is 0 Å². The third-order valence-electron chi connectivity index (χ3n) is 4.60. The molecule has 3 rings (SSSR count). The highest BCUT2D eigenvalue weighted by Gasteiger charge is 2.46. The number of hydrogen-bond acceptors (Lipinski definition) is 2. The maximum Gasteiger partial charge on any atom is 0.318 e. The van der Waals surface area contributed by atoms with E-state index >= 15 is 0 Å². The molecule has 1 saturated heterocycles. The van der Waals surface area contributed by atoms with E-state index in [4.69, 9.17) is 5.73 Å². The van der Waals surface area contributed by atoms with Gasteiger partial charge in [-0.05, 0) is 56.7 Å². The highest BCUT2D eigenvalue weighted by atomic mass is 16.2. The largest absolute Gasteiger partial charge is 0.399 e. The number of likely N-dealkylation sites (tertiary alicyclic amines) is 1. The van der Waals surface area contributed by atoms with Crippen LogP contribution in [0.5, 0.6) is 0 Å². The lowest BCUT2D eigenvalue weighted by molar-refractivity contribution is 0.153. The highest BCUT2D eigenvalue weighted by Crippen LogP contribution is 2.46. The molecule has 1 saturated carbocycles. The summed E-state index contributed by atoms with van der Waals surface area (Å²) in [6.07, 6.45) is 5.46. The quantitative estimate of drug-likeness (QED) is 0.814. The van der Waals surface area contributed by atoms with Crippen LogP contribution in [-0.2, 0) is 5.54 Å². The van der Waals surface area contributed by atoms with Gasteiger partial charge >= 0.3 is 6.03 Å². The van der Waals surface area contributed by atoms with E-state index in [9.17, 15) is 4.79 Å². The number of urea groups is 1. The molecule has 2 amide bonds. The van der Waals surface area contributed by atoms with Crippen molar-refractivity contribution in [3.8, 4) is 0 Å². The molecule has 2 fully saturated rings. The number of anilines is 1. The number of nitrogens with two attached hydrogens (primary N) is 1. The molecule has 1 aromatic carbocycles. The Bertz CT molecular complexity index is 510. The van der Waals surface area contributed by atoms with E-state index in [1.165, 1.54) is 6.42 Å². The van der Waals surface area contributed by atoms with Crippen molar-refractivity contribution in [3.05, 3.63) is 29.8 Å². The summed E-state index contributed by atoms with van der Waals surface area (Å²) in [5.41, 5.74) is 7.57. The minimum Gasteiger partial charge on any atom is -0.399 e. The molecule has 1 heterocycles. The van der Waals surface area contributed by atoms with Crippen LogP contribution in [0.2, 0.25) is 0 Å². The zero-order valence-corrected chi connectivity index (χ0v) is 12.1. The van der Waals surface area contributed by atoms with E-state index < -0.39 is 0 Å². The van der Waals surface area contributed by atoms with Crippen molar-refractivity contribution in [2.45, 2.75) is 50.6 Å². The van der Waals surface area contributed by atoms with E-state index in [1.54, 1.807) is 0 Å². The van der Waals surface area contributed by atoms with Crippen LogP contribution < -0.4 is 11.1 Å². The standard InChI is InChI=1S/C16H23N3O/c1-12-5-2-3-10-19(12)15(20)18-16(8-9-16)13-6-4-7-14(17)11-13/h4,6-7,11-12H,2-3,5,8-10,17H2,1H3,(H,18,20). The fourth-order valence-corrected chi connectivity index (χ4v) is 3.12. The number of amides is 2. The Morgan fingerprint density at radius 3 is 2.85 bits per heavy atom. The van der Waals surface area contributed by atoms with Gasteiger partial charge in [-0.3, -0.25) is 0 Å². The summed E-state index contributed by atoms with van der Waals surface area (Å²) in [5, 5.41) is 3.24. The number of piperidine rings is 1. The summed E-state index contributed by atoms with van der Waals surface area (Å²) in [6, 6.07) is 8.31. The molecule has 1 aliphatic carbocycles. The maximum absolute atomic E-state index is 12.5. The number of nitrogens with one attached hydrogen (secondary N) is 1. The van der Waals surface area contributed by atoms with Crippen molar-refractivity contribution in [3.63, 3.8) is 0 Å². The van der Waals surface area contributed by atoms with Gasteiger partial charge in [-0.1, -0.05) is 12.1 Å². The van der Waals surface area contributed by atoms with Gasteiger partial charge in [0, 0.05) is 18.3 Å². The molecule has 1 aliphatic heterocycles. The van der Waals surface area contributed by atoms with Crippen LogP contribution in [0.1, 0.15) is 44.6 Å². The summed E-state index contributed by atoms with van der Waals surface area (Å²) in [5.74, 6) is 0. The fraction of sp³-hybridized carbons (Fsp3) is 0.562. The van der Waals surface area contributed by atoms with Crippen molar-refractivity contribution in [2.75, 3.05) is 12.3 Å². The van der Waals surface area contributed by atoms with Crippen LogP contribution >= 0.6 is 0 Å². The van der Waals surface area contributed by atoms with E-state index in [0.717, 1.165) is 43.5 Å². The van der Waals surface area contributed by atoms with E-state index in [-0.39, 0.29) is 11.6 Å². The Balaban J connectivity index is 1.72. The van der Waals surface area contributed by atoms with Crippen LogP contribution in [0.3, 0.4) is 0 Å². The van der Waals surface area contributed by atoms with E-state index in [2.05, 4.69) is 18.3 Å². The van der Waals surface area contributed by atoms with Gasteiger partial charge in [-0.15, -0.1) is 0 Å². The fourth-order valence-electron chi connectivity index (χ4n) is 3.12. The van der Waals surface area contributed by atoms with E-state index in [1.807, 2.05) is 23.1 Å². The predicted octanol–water partition coefficient (Wildman–Crippen LogP) is 2.84. The van der Waals surface area contributed by atoms with E-state index in [0.29, 0.717) is 6.04 Å². The first-order chi connectivity index (χ1) is 9.61. The molecule has 1 atom stereocenters. The minimum atomic E-state index is -0.177. The third-order valence-corrected chi connectivity index (χ3v) is 4.60. The average Bonchev–Trinajstić information content (AvgIpc) is 3.20. The van der Waals surface area contributed by atoms with Crippen LogP contribution in [0, 0.1) is 0 Å². The molecule has 108 valence electrons. The lowest BCUT2D eigenvalue weighted by atomic mass is 10.0. The molecule has 4 heteroatoms. The van der Waals surface area contributed by atoms with Gasteiger partial charge in [0.2, 0.25) is 0 Å². The first-order valence-corrected chi connectivity index (χ1v) is 7.55. The first kappa shape index (κ1) is 13.3. The molecular formula is C16H23N3O. The van der Waals surface area contributed by atoms with Gasteiger partial charge in [0.15, 0.2) is 0 Å². The summed E-state index contributed by atoms with van der Waals surface area (Å²) in [7, 11) is 0. The van der Waals surface area contributed by atoms with Gasteiger partial charge < -0.3 is 16.0 Å². The van der Waals surface area contributed by atoms with Crippen LogP contribution in [-0.4, -0.2) is 23.5 Å². The molecule has 1 aromatic rings. The number of carbonyl (C=O) groups is 1. The summed E-state index contributed by atoms with van der Waals surface area (Å²) in [4.78, 5) is 14.5. The average molecular weight is 273 g/mol. The van der Waals surface area contributed by atoms with Crippen LogP contribution in [0.15, 0.2) is 24.3 Å². The van der Waals surface area contributed by atoms with Crippen LogP contribution in [0.4, 0.5) is 10.5 Å². The van der Waals surface area contributed by atoms with Gasteiger partial charge in [0.1, 0.15) is 0 Å². The lowest BCUT2D eigenvalue weighted by Gasteiger charge is -2.35. The van der Waals surface area contributed by atoms with Crippen molar-refractivity contribution in [1.82, 2.24) is 10.2 Å². The van der Waals surface area contributed by atoms with Crippen molar-refractivity contribution < 1.29 is 4.79 Å². The Labute approximate surface area is 120 Å². The number of nitrogen functional groups attached to an aromatic ring is 1. The molecule has 4 nitrogen and oxygen atoms in total. The monoisotopic (exact) mass is 273 g/mol. The second-order valence-electron chi connectivity index (χ2n) is 6.18. The van der Waals surface area contributed by atoms with Gasteiger partial charge in [-0.25, -0.2) is 4.79 Å². The normalized spacial score (nSPS) is 24.2. The third kappa shape index (κ3) is 2.47. The van der Waals surface area contributed by atoms with Gasteiger partial charge in [0.05, 0.1) is 5.54 Å². The van der Waals surface area contributed by atoms with Crippen molar-refractivity contribution in [1.29, 1.82) is 0 Å². The molecule has 3 N–H and O–H groups in total. The topological polar surface area (TPSA) is 58.4 Å². The second kappa shape index (κ2) is 5.00. The molecule has 20 heavy (non-hydrogen) atoms. The second-order valence-corrected chi connectivity index (χ2v) is 6.18. The Hall–Kier alpha value is -1.71. The smallest absolute Gasteiger partial charge is 0.318 e. The van der Waals surface area contributed by atoms with Gasteiger partial charge in [-0.2, -0.15) is 0 Å². The Kier molecular flexibility index (Phi) is 3.32. The van der Waals surface area contributed by atoms with Crippen LogP contribution in [0.25, 0.3) is 0 Å². The van der Waals surface area contributed by atoms with Crippen molar-refractivity contribution in [2.24, 2.45) is 0 Å². The SMILES string of the molecule is CC1CCCCN1C(=O)NC1(c2cccc(N)c2)CC1. The molecular weight excluding hydrogens is 250 g/mol. The molecule has 1 unspecified atom stereocenters. The highest BCUT2D eigenvalue weighted by molar-refractivity contribution is 5.76. The minimum absolute atomic E-state index is 0.0807. The molecule has 2 aliphatic rings. The number of nitrogens with zero attached hydrogens (tertiary/aromatic N) is 1. The number of rotatable bonds is 2. The number of hydrogen-bond donors (Lipinski definition) is 2. The van der Waals surface area contributed by atoms with Crippen molar-refractivity contribution >= 4 is 11.7 Å². The first-order valence-electron chi connectivity index (χ1n) is 7.55. The zero-order chi connectivity index (χ0) is 14.2. The summed E-state index contributed by atoms with van der Waals surface area (Å²) >= 11 is 0. The number of carbonyl (C=O) groups excluding carboxylic acids is 1. The lowest BCUT2D eigenvalue weighted by Crippen LogP contribution is -2.50. The predicted molar refractivity (Wildman–Crippen MR) is 80.3 cm³/mol. The molecule has 0 bridgehead atoms. The number of benzene rings is 1. The molecule has 0 aromatic heterocycles. The molecule has 0 spiro atoms. The zero-order valence-electron chi connectivity index (χ0n) is 12.1. The summed E-state index contributed by atoms with van der Waals surface area (Å²) < 4.78 is 0. The summed E-state index contributed by atoms with van der Waals surface area (Å²) in [6.45, 7) is 3.01. The molecule has 0 radical (unpaired) electrons. The Morgan fingerprint density at radius 1 is 1.40 bits per heavy atom. The maximum atomic E-state index is 12.5.